The molecular formula is C15H27N3O. The van der Waals surface area contributed by atoms with Gasteiger partial charge in [-0.1, -0.05) is 6.07 Å². The summed E-state index contributed by atoms with van der Waals surface area (Å²) in [5.41, 5.74) is 7.77. The Bertz CT molecular complexity index is 391. The van der Waals surface area contributed by atoms with E-state index in [2.05, 4.69) is 31.2 Å². The van der Waals surface area contributed by atoms with Crippen molar-refractivity contribution in [1.29, 1.82) is 0 Å². The molecule has 0 aliphatic carbocycles. The van der Waals surface area contributed by atoms with Gasteiger partial charge in [-0.3, -0.25) is 0 Å². The van der Waals surface area contributed by atoms with Crippen molar-refractivity contribution in [3.05, 3.63) is 18.2 Å². The largest absolute Gasteiger partial charge is 0.489 e. The van der Waals surface area contributed by atoms with Crippen LogP contribution in [0.5, 0.6) is 5.75 Å². The third-order valence-corrected chi connectivity index (χ3v) is 2.84. The van der Waals surface area contributed by atoms with Crippen molar-refractivity contribution < 1.29 is 4.74 Å². The molecule has 4 nitrogen and oxygen atoms in total. The van der Waals surface area contributed by atoms with Gasteiger partial charge in [0.25, 0.3) is 0 Å². The highest BCUT2D eigenvalue weighted by Crippen LogP contribution is 2.30. The van der Waals surface area contributed by atoms with Gasteiger partial charge in [0.1, 0.15) is 5.75 Å². The van der Waals surface area contributed by atoms with Gasteiger partial charge in [-0.15, -0.1) is 0 Å². The lowest BCUT2D eigenvalue weighted by atomic mass is 10.2. The first kappa shape index (κ1) is 15.6. The second-order valence-corrected chi connectivity index (χ2v) is 5.52. The summed E-state index contributed by atoms with van der Waals surface area (Å²) in [5, 5.41) is 3.45. The molecule has 0 fully saturated rings. The van der Waals surface area contributed by atoms with E-state index in [-0.39, 0.29) is 6.10 Å². The summed E-state index contributed by atoms with van der Waals surface area (Å²) < 4.78 is 5.69. The van der Waals surface area contributed by atoms with E-state index in [9.17, 15) is 0 Å². The molecule has 19 heavy (non-hydrogen) atoms. The van der Waals surface area contributed by atoms with E-state index >= 15 is 0 Å². The molecule has 0 heterocycles. The Morgan fingerprint density at radius 1 is 1.26 bits per heavy atom. The minimum atomic E-state index is 0.128. The highest BCUT2D eigenvalue weighted by atomic mass is 16.5. The van der Waals surface area contributed by atoms with E-state index in [1.165, 1.54) is 0 Å². The fourth-order valence-corrected chi connectivity index (χ4v) is 1.82. The quantitative estimate of drug-likeness (QED) is 0.744. The number of anilines is 2. The maximum absolute atomic E-state index is 6.14. The number of ether oxygens (including phenoxy) is 1. The SMILES string of the molecule is CC(CCN(C)C)Nc1cccc(OC(C)C)c1N. The Morgan fingerprint density at radius 3 is 2.53 bits per heavy atom. The normalized spacial score (nSPS) is 12.8. The summed E-state index contributed by atoms with van der Waals surface area (Å²) in [6.07, 6.45) is 1.20. The first-order valence-corrected chi connectivity index (χ1v) is 6.86. The Hall–Kier alpha value is -1.42. The van der Waals surface area contributed by atoms with Gasteiger partial charge in [-0.05, 0) is 60.0 Å². The van der Waals surface area contributed by atoms with E-state index in [1.54, 1.807) is 0 Å². The van der Waals surface area contributed by atoms with Crippen LogP contribution in [0.25, 0.3) is 0 Å². The maximum Gasteiger partial charge on any atom is 0.144 e. The molecule has 108 valence electrons. The summed E-state index contributed by atoms with van der Waals surface area (Å²) in [6, 6.07) is 6.24. The topological polar surface area (TPSA) is 50.5 Å². The first-order valence-electron chi connectivity index (χ1n) is 6.86. The maximum atomic E-state index is 6.14. The van der Waals surface area contributed by atoms with Crippen LogP contribution in [0.2, 0.25) is 0 Å². The summed E-state index contributed by atoms with van der Waals surface area (Å²) in [5.74, 6) is 0.750. The average molecular weight is 265 g/mol. The number of nitrogen functional groups attached to an aromatic ring is 1. The molecule has 0 aromatic heterocycles. The standard InChI is InChI=1S/C15H27N3O/c1-11(2)19-14-8-6-7-13(15(14)16)17-12(3)9-10-18(4)5/h6-8,11-12,17H,9-10,16H2,1-5H3. The predicted octanol–water partition coefficient (Wildman–Crippen LogP) is 2.81. The van der Waals surface area contributed by atoms with Gasteiger partial charge in [-0.2, -0.15) is 0 Å². The van der Waals surface area contributed by atoms with Gasteiger partial charge in [-0.25, -0.2) is 0 Å². The van der Waals surface area contributed by atoms with Gasteiger partial charge in [0.15, 0.2) is 0 Å². The predicted molar refractivity (Wildman–Crippen MR) is 82.9 cm³/mol. The number of para-hydroxylation sites is 1. The van der Waals surface area contributed by atoms with E-state index in [4.69, 9.17) is 10.5 Å². The molecule has 1 aromatic carbocycles. The smallest absolute Gasteiger partial charge is 0.144 e. The van der Waals surface area contributed by atoms with E-state index in [0.717, 1.165) is 24.4 Å². The molecule has 1 rings (SSSR count). The molecule has 1 unspecified atom stereocenters. The monoisotopic (exact) mass is 265 g/mol. The van der Waals surface area contributed by atoms with Gasteiger partial charge < -0.3 is 20.7 Å². The van der Waals surface area contributed by atoms with Crippen molar-refractivity contribution in [2.75, 3.05) is 31.7 Å². The van der Waals surface area contributed by atoms with E-state index in [0.29, 0.717) is 11.7 Å². The molecule has 0 bridgehead atoms. The lowest BCUT2D eigenvalue weighted by Crippen LogP contribution is -2.23. The van der Waals surface area contributed by atoms with Crippen molar-refractivity contribution in [3.8, 4) is 5.75 Å². The molecule has 1 aromatic rings. The van der Waals surface area contributed by atoms with Gasteiger partial charge in [0, 0.05) is 6.04 Å². The van der Waals surface area contributed by atoms with Crippen LogP contribution in [0.4, 0.5) is 11.4 Å². The molecule has 0 radical (unpaired) electrons. The Morgan fingerprint density at radius 2 is 1.95 bits per heavy atom. The highest BCUT2D eigenvalue weighted by Gasteiger charge is 2.10. The molecular weight excluding hydrogens is 238 g/mol. The zero-order valence-corrected chi connectivity index (χ0v) is 12.7. The van der Waals surface area contributed by atoms with Crippen molar-refractivity contribution in [2.45, 2.75) is 39.3 Å². The number of nitrogens with one attached hydrogen (secondary N) is 1. The van der Waals surface area contributed by atoms with Crippen molar-refractivity contribution in [1.82, 2.24) is 4.90 Å². The third kappa shape index (κ3) is 5.39. The average Bonchev–Trinajstić information content (AvgIpc) is 2.31. The number of nitrogens with two attached hydrogens (primary N) is 1. The lowest BCUT2D eigenvalue weighted by Gasteiger charge is -2.20. The zero-order chi connectivity index (χ0) is 14.4. The van der Waals surface area contributed by atoms with Crippen LogP contribution in [-0.4, -0.2) is 37.7 Å². The number of hydrogen-bond donors (Lipinski definition) is 2. The molecule has 0 amide bonds. The molecule has 0 aliphatic heterocycles. The van der Waals surface area contributed by atoms with Gasteiger partial charge >= 0.3 is 0 Å². The van der Waals surface area contributed by atoms with Crippen LogP contribution in [0.15, 0.2) is 18.2 Å². The molecule has 4 heteroatoms. The number of nitrogens with zero attached hydrogens (tertiary/aromatic N) is 1. The van der Waals surface area contributed by atoms with Crippen LogP contribution < -0.4 is 15.8 Å². The Kier molecular flexibility index (Phi) is 5.96. The fourth-order valence-electron chi connectivity index (χ4n) is 1.82. The van der Waals surface area contributed by atoms with Crippen molar-refractivity contribution in [2.24, 2.45) is 0 Å². The minimum Gasteiger partial charge on any atom is -0.489 e. The molecule has 0 spiro atoms. The second-order valence-electron chi connectivity index (χ2n) is 5.52. The van der Waals surface area contributed by atoms with E-state index < -0.39 is 0 Å². The molecule has 0 saturated heterocycles. The van der Waals surface area contributed by atoms with Crippen LogP contribution in [0, 0.1) is 0 Å². The number of hydrogen-bond acceptors (Lipinski definition) is 4. The highest BCUT2D eigenvalue weighted by molar-refractivity contribution is 5.73. The van der Waals surface area contributed by atoms with Crippen molar-refractivity contribution in [3.63, 3.8) is 0 Å². The zero-order valence-electron chi connectivity index (χ0n) is 12.7. The van der Waals surface area contributed by atoms with Gasteiger partial charge in [0.05, 0.1) is 17.5 Å². The minimum absolute atomic E-state index is 0.128. The molecule has 3 N–H and O–H groups in total. The van der Waals surface area contributed by atoms with Crippen LogP contribution in [0.3, 0.4) is 0 Å². The molecule has 0 aliphatic rings. The summed E-state index contributed by atoms with van der Waals surface area (Å²) in [4.78, 5) is 2.18. The number of rotatable bonds is 7. The van der Waals surface area contributed by atoms with E-state index in [1.807, 2.05) is 32.0 Å². The molecule has 0 saturated carbocycles. The van der Waals surface area contributed by atoms with Crippen molar-refractivity contribution >= 4 is 11.4 Å². The van der Waals surface area contributed by atoms with Crippen LogP contribution >= 0.6 is 0 Å². The summed E-state index contributed by atoms with van der Waals surface area (Å²) >= 11 is 0. The van der Waals surface area contributed by atoms with Gasteiger partial charge in [0.2, 0.25) is 0 Å². The lowest BCUT2D eigenvalue weighted by molar-refractivity contribution is 0.244. The summed E-state index contributed by atoms with van der Waals surface area (Å²) in [6.45, 7) is 7.22. The fraction of sp³-hybridized carbons (Fsp3) is 0.600. The second kappa shape index (κ2) is 7.24. The summed E-state index contributed by atoms with van der Waals surface area (Å²) in [7, 11) is 4.16. The first-order chi connectivity index (χ1) is 8.90. The Balaban J connectivity index is 2.67. The van der Waals surface area contributed by atoms with Crippen LogP contribution in [-0.2, 0) is 0 Å². The number of benzene rings is 1. The van der Waals surface area contributed by atoms with Crippen LogP contribution in [0.1, 0.15) is 27.2 Å². The Labute approximate surface area is 116 Å². The third-order valence-electron chi connectivity index (χ3n) is 2.84. The molecule has 1 atom stereocenters.